The van der Waals surface area contributed by atoms with Gasteiger partial charge in [-0.05, 0) is 37.1 Å². The third-order valence-corrected chi connectivity index (χ3v) is 2.90. The Kier molecular flexibility index (Phi) is 3.63. The van der Waals surface area contributed by atoms with Gasteiger partial charge in [0.25, 0.3) is 0 Å². The minimum absolute atomic E-state index is 0.700. The molecule has 1 heterocycles. The summed E-state index contributed by atoms with van der Waals surface area (Å²) in [4.78, 5) is 0. The average Bonchev–Trinajstić information content (AvgIpc) is 2.85. The number of anilines is 1. The molecule has 2 rings (SSSR count). The Morgan fingerprint density at radius 2 is 2.22 bits per heavy atom. The van der Waals surface area contributed by atoms with Gasteiger partial charge < -0.3 is 5.32 Å². The minimum atomic E-state index is 0.700. The molecule has 0 spiro atoms. The van der Waals surface area contributed by atoms with E-state index in [0.29, 0.717) is 5.56 Å². The van der Waals surface area contributed by atoms with Crippen LogP contribution in [0.3, 0.4) is 0 Å². The molecule has 1 aromatic carbocycles. The fourth-order valence-corrected chi connectivity index (χ4v) is 1.78. The van der Waals surface area contributed by atoms with Crippen molar-refractivity contribution in [2.45, 2.75) is 26.9 Å². The topological polar surface area (TPSA) is 53.6 Å². The summed E-state index contributed by atoms with van der Waals surface area (Å²) < 4.78 is 1.88. The molecule has 0 fully saturated rings. The lowest BCUT2D eigenvalue weighted by Crippen LogP contribution is -2.03. The van der Waals surface area contributed by atoms with Gasteiger partial charge in [-0.3, -0.25) is 4.68 Å². The second-order valence-corrected chi connectivity index (χ2v) is 4.16. The van der Waals surface area contributed by atoms with Crippen LogP contribution >= 0.6 is 0 Å². The Morgan fingerprint density at radius 3 is 2.83 bits per heavy atom. The van der Waals surface area contributed by atoms with Crippen molar-refractivity contribution in [2.75, 3.05) is 5.32 Å². The van der Waals surface area contributed by atoms with Gasteiger partial charge in [0.2, 0.25) is 0 Å². The molecule has 4 nitrogen and oxygen atoms in total. The van der Waals surface area contributed by atoms with Crippen molar-refractivity contribution in [1.29, 1.82) is 5.26 Å². The SMILES string of the molecule is CCn1ccc(NCc2ccc(C#N)cc2C)n1. The van der Waals surface area contributed by atoms with Crippen LogP contribution in [0.1, 0.15) is 23.6 Å². The van der Waals surface area contributed by atoms with Crippen LogP contribution in [0.4, 0.5) is 5.82 Å². The van der Waals surface area contributed by atoms with Gasteiger partial charge in [-0.25, -0.2) is 0 Å². The Labute approximate surface area is 107 Å². The fourth-order valence-electron chi connectivity index (χ4n) is 1.78. The van der Waals surface area contributed by atoms with Gasteiger partial charge in [0.15, 0.2) is 0 Å². The summed E-state index contributed by atoms with van der Waals surface area (Å²) in [5.41, 5.74) is 3.00. The van der Waals surface area contributed by atoms with E-state index in [9.17, 15) is 0 Å². The average molecular weight is 240 g/mol. The molecule has 0 aliphatic carbocycles. The van der Waals surface area contributed by atoms with Crippen LogP contribution in [0.2, 0.25) is 0 Å². The zero-order valence-electron chi connectivity index (χ0n) is 10.6. The molecule has 0 bridgehead atoms. The number of aryl methyl sites for hydroxylation is 2. The van der Waals surface area contributed by atoms with E-state index in [1.165, 1.54) is 5.56 Å². The molecule has 0 atom stereocenters. The molecule has 0 amide bonds. The van der Waals surface area contributed by atoms with E-state index in [4.69, 9.17) is 5.26 Å². The second kappa shape index (κ2) is 5.37. The zero-order valence-corrected chi connectivity index (χ0v) is 10.6. The highest BCUT2D eigenvalue weighted by atomic mass is 15.3. The maximum Gasteiger partial charge on any atom is 0.148 e. The molecule has 1 N–H and O–H groups in total. The number of rotatable bonds is 4. The second-order valence-electron chi connectivity index (χ2n) is 4.16. The fraction of sp³-hybridized carbons (Fsp3) is 0.286. The standard InChI is InChI=1S/C14H16N4/c1-3-18-7-6-14(17-18)16-10-13-5-4-12(9-15)8-11(13)2/h4-8H,3,10H2,1-2H3,(H,16,17). The lowest BCUT2D eigenvalue weighted by Gasteiger charge is -2.07. The molecule has 0 saturated heterocycles. The van der Waals surface area contributed by atoms with Crippen LogP contribution in [-0.4, -0.2) is 9.78 Å². The third-order valence-electron chi connectivity index (χ3n) is 2.90. The lowest BCUT2D eigenvalue weighted by molar-refractivity contribution is 0.661. The van der Waals surface area contributed by atoms with E-state index < -0.39 is 0 Å². The quantitative estimate of drug-likeness (QED) is 0.894. The third kappa shape index (κ3) is 2.69. The predicted molar refractivity (Wildman–Crippen MR) is 71.1 cm³/mol. The van der Waals surface area contributed by atoms with E-state index in [1.54, 1.807) is 0 Å². The molecule has 0 radical (unpaired) electrons. The number of hydrogen-bond acceptors (Lipinski definition) is 3. The number of nitriles is 1. The van der Waals surface area contributed by atoms with Gasteiger partial charge in [0, 0.05) is 25.4 Å². The number of nitrogens with one attached hydrogen (secondary N) is 1. The van der Waals surface area contributed by atoms with Gasteiger partial charge in [0.05, 0.1) is 11.6 Å². The normalized spacial score (nSPS) is 10.1. The van der Waals surface area contributed by atoms with Gasteiger partial charge in [-0.1, -0.05) is 6.07 Å². The number of aromatic nitrogens is 2. The highest BCUT2D eigenvalue weighted by Gasteiger charge is 2.01. The first kappa shape index (κ1) is 12.2. The molecule has 0 aliphatic heterocycles. The molecular weight excluding hydrogens is 224 g/mol. The van der Waals surface area contributed by atoms with Crippen molar-refractivity contribution in [3.8, 4) is 6.07 Å². The summed E-state index contributed by atoms with van der Waals surface area (Å²) in [7, 11) is 0. The highest BCUT2D eigenvalue weighted by Crippen LogP contribution is 2.12. The Morgan fingerprint density at radius 1 is 1.39 bits per heavy atom. The summed E-state index contributed by atoms with van der Waals surface area (Å²) in [5.74, 6) is 0.876. The summed E-state index contributed by atoms with van der Waals surface area (Å²) in [6.07, 6.45) is 1.95. The molecule has 1 aromatic heterocycles. The van der Waals surface area contributed by atoms with Crippen molar-refractivity contribution in [3.05, 3.63) is 47.2 Å². The van der Waals surface area contributed by atoms with Gasteiger partial charge in [-0.15, -0.1) is 0 Å². The van der Waals surface area contributed by atoms with Crippen LogP contribution < -0.4 is 5.32 Å². The summed E-state index contributed by atoms with van der Waals surface area (Å²) in [6, 6.07) is 9.83. The van der Waals surface area contributed by atoms with Gasteiger partial charge >= 0.3 is 0 Å². The van der Waals surface area contributed by atoms with Crippen molar-refractivity contribution in [2.24, 2.45) is 0 Å². The van der Waals surface area contributed by atoms with Crippen LogP contribution in [-0.2, 0) is 13.1 Å². The molecule has 0 aliphatic rings. The maximum atomic E-state index is 8.81. The van der Waals surface area contributed by atoms with E-state index >= 15 is 0 Å². The van der Waals surface area contributed by atoms with Crippen LogP contribution in [0.5, 0.6) is 0 Å². The minimum Gasteiger partial charge on any atom is -0.365 e. The smallest absolute Gasteiger partial charge is 0.148 e. The lowest BCUT2D eigenvalue weighted by atomic mass is 10.1. The molecule has 18 heavy (non-hydrogen) atoms. The van der Waals surface area contributed by atoms with E-state index in [1.807, 2.05) is 42.1 Å². The van der Waals surface area contributed by atoms with E-state index in [0.717, 1.165) is 24.5 Å². The first-order chi connectivity index (χ1) is 8.72. The monoisotopic (exact) mass is 240 g/mol. The zero-order chi connectivity index (χ0) is 13.0. The molecule has 0 unspecified atom stereocenters. The van der Waals surface area contributed by atoms with E-state index in [-0.39, 0.29) is 0 Å². The maximum absolute atomic E-state index is 8.81. The summed E-state index contributed by atoms with van der Waals surface area (Å²) >= 11 is 0. The van der Waals surface area contributed by atoms with E-state index in [2.05, 4.69) is 23.4 Å². The Hall–Kier alpha value is -2.28. The largest absolute Gasteiger partial charge is 0.365 e. The van der Waals surface area contributed by atoms with Crippen LogP contribution in [0.15, 0.2) is 30.5 Å². The predicted octanol–water partition coefficient (Wildman–Crippen LogP) is 2.70. The Bertz CT molecular complexity index is 578. The van der Waals surface area contributed by atoms with Gasteiger partial charge in [0.1, 0.15) is 5.82 Å². The molecule has 92 valence electrons. The van der Waals surface area contributed by atoms with Crippen molar-refractivity contribution in [3.63, 3.8) is 0 Å². The molecule has 4 heteroatoms. The molecular formula is C14H16N4. The number of hydrogen-bond donors (Lipinski definition) is 1. The molecule has 0 saturated carbocycles. The van der Waals surface area contributed by atoms with Crippen molar-refractivity contribution in [1.82, 2.24) is 9.78 Å². The molecule has 2 aromatic rings. The number of nitrogens with zero attached hydrogens (tertiary/aromatic N) is 3. The first-order valence-corrected chi connectivity index (χ1v) is 6.00. The van der Waals surface area contributed by atoms with Crippen LogP contribution in [0.25, 0.3) is 0 Å². The summed E-state index contributed by atoms with van der Waals surface area (Å²) in [6.45, 7) is 5.67. The first-order valence-electron chi connectivity index (χ1n) is 6.00. The number of benzene rings is 1. The van der Waals surface area contributed by atoms with Crippen molar-refractivity contribution >= 4 is 5.82 Å². The Balaban J connectivity index is 2.04. The van der Waals surface area contributed by atoms with Crippen LogP contribution in [0, 0.1) is 18.3 Å². The highest BCUT2D eigenvalue weighted by molar-refractivity contribution is 5.40. The van der Waals surface area contributed by atoms with Gasteiger partial charge in [-0.2, -0.15) is 10.4 Å². The van der Waals surface area contributed by atoms with Crippen molar-refractivity contribution < 1.29 is 0 Å². The summed E-state index contributed by atoms with van der Waals surface area (Å²) in [5, 5.41) is 16.5.